The van der Waals surface area contributed by atoms with Crippen molar-refractivity contribution in [2.75, 3.05) is 12.3 Å². The lowest BCUT2D eigenvalue weighted by Crippen LogP contribution is -2.00. The van der Waals surface area contributed by atoms with Gasteiger partial charge in [-0.3, -0.25) is 0 Å². The van der Waals surface area contributed by atoms with E-state index < -0.39 is 0 Å². The number of hydrogen-bond donors (Lipinski definition) is 1. The van der Waals surface area contributed by atoms with Crippen LogP contribution in [0.25, 0.3) is 0 Å². The Morgan fingerprint density at radius 1 is 1.05 bits per heavy atom. The summed E-state index contributed by atoms with van der Waals surface area (Å²) in [6.45, 7) is 2.60. The molecule has 0 fully saturated rings. The van der Waals surface area contributed by atoms with Gasteiger partial charge < -0.3 is 15.2 Å². The average molecular weight is 261 g/mol. The van der Waals surface area contributed by atoms with Gasteiger partial charge in [0.2, 0.25) is 0 Å². The molecule has 4 heteroatoms. The minimum absolute atomic E-state index is 0.154. The summed E-state index contributed by atoms with van der Waals surface area (Å²) in [5.41, 5.74) is 6.81. The van der Waals surface area contributed by atoms with Crippen LogP contribution in [0.1, 0.15) is 12.5 Å². The average Bonchev–Trinajstić information content (AvgIpc) is 2.37. The van der Waals surface area contributed by atoms with Crippen molar-refractivity contribution in [1.29, 1.82) is 0 Å². The lowest BCUT2D eigenvalue weighted by molar-refractivity contribution is 0.294. The first kappa shape index (κ1) is 13.2. The number of anilines is 1. The molecule has 2 aromatic carbocycles. The van der Waals surface area contributed by atoms with Gasteiger partial charge in [0, 0.05) is 29.4 Å². The molecule has 3 nitrogen and oxygen atoms in total. The van der Waals surface area contributed by atoms with E-state index in [2.05, 4.69) is 0 Å². The molecule has 2 aromatic rings. The van der Waals surface area contributed by atoms with Crippen LogP contribution >= 0.6 is 0 Å². The van der Waals surface area contributed by atoms with Gasteiger partial charge in [0.15, 0.2) is 0 Å². The highest BCUT2D eigenvalue weighted by Crippen LogP contribution is 2.25. The summed E-state index contributed by atoms with van der Waals surface area (Å²) in [5.74, 6) is 0.925. The molecule has 0 saturated carbocycles. The number of halogens is 1. The second-order valence-electron chi connectivity index (χ2n) is 4.05. The molecule has 0 aliphatic carbocycles. The predicted molar refractivity (Wildman–Crippen MR) is 72.8 cm³/mol. The van der Waals surface area contributed by atoms with Crippen molar-refractivity contribution in [2.45, 2.75) is 13.5 Å². The van der Waals surface area contributed by atoms with Crippen molar-refractivity contribution in [3.63, 3.8) is 0 Å². The summed E-state index contributed by atoms with van der Waals surface area (Å²) >= 11 is 0. The lowest BCUT2D eigenvalue weighted by atomic mass is 10.2. The second kappa shape index (κ2) is 6.09. The number of benzene rings is 2. The molecule has 0 unspecified atom stereocenters. The standard InChI is InChI=1S/C15H16FNO2/c1-2-18-13-7-12(17)8-14(9-13)19-10-11-5-3-4-6-15(11)16/h3-9H,2,10,17H2,1H3. The first-order valence-corrected chi connectivity index (χ1v) is 6.08. The topological polar surface area (TPSA) is 44.5 Å². The molecule has 100 valence electrons. The van der Waals surface area contributed by atoms with Gasteiger partial charge in [-0.2, -0.15) is 0 Å². The van der Waals surface area contributed by atoms with E-state index in [0.717, 1.165) is 0 Å². The largest absolute Gasteiger partial charge is 0.494 e. The van der Waals surface area contributed by atoms with E-state index in [1.807, 2.05) is 6.92 Å². The molecule has 2 rings (SSSR count). The molecule has 0 radical (unpaired) electrons. The molecular weight excluding hydrogens is 245 g/mol. The molecule has 19 heavy (non-hydrogen) atoms. The Morgan fingerprint density at radius 2 is 1.74 bits per heavy atom. The normalized spacial score (nSPS) is 10.2. The van der Waals surface area contributed by atoms with Crippen LogP contribution in [0.2, 0.25) is 0 Å². The van der Waals surface area contributed by atoms with Gasteiger partial charge in [-0.1, -0.05) is 18.2 Å². The van der Waals surface area contributed by atoms with E-state index in [1.165, 1.54) is 6.07 Å². The first-order valence-electron chi connectivity index (χ1n) is 6.08. The van der Waals surface area contributed by atoms with Crippen LogP contribution in [0.5, 0.6) is 11.5 Å². The van der Waals surface area contributed by atoms with Gasteiger partial charge >= 0.3 is 0 Å². The lowest BCUT2D eigenvalue weighted by Gasteiger charge is -2.10. The second-order valence-corrected chi connectivity index (χ2v) is 4.05. The smallest absolute Gasteiger partial charge is 0.129 e. The zero-order chi connectivity index (χ0) is 13.7. The van der Waals surface area contributed by atoms with Crippen molar-refractivity contribution >= 4 is 5.69 Å². The third-order valence-electron chi connectivity index (χ3n) is 2.57. The first-order chi connectivity index (χ1) is 9.19. The van der Waals surface area contributed by atoms with Crippen LogP contribution in [-0.4, -0.2) is 6.61 Å². The Kier molecular flexibility index (Phi) is 4.23. The SMILES string of the molecule is CCOc1cc(N)cc(OCc2ccccc2F)c1. The van der Waals surface area contributed by atoms with Crippen LogP contribution in [0.4, 0.5) is 10.1 Å². The van der Waals surface area contributed by atoms with Crippen molar-refractivity contribution in [2.24, 2.45) is 0 Å². The third-order valence-corrected chi connectivity index (χ3v) is 2.57. The van der Waals surface area contributed by atoms with Gasteiger partial charge in [-0.05, 0) is 13.0 Å². The fraction of sp³-hybridized carbons (Fsp3) is 0.200. The molecule has 0 spiro atoms. The molecule has 0 amide bonds. The van der Waals surface area contributed by atoms with Crippen molar-refractivity contribution in [3.8, 4) is 11.5 Å². The number of nitrogens with two attached hydrogens (primary N) is 1. The molecule has 0 aromatic heterocycles. The minimum atomic E-state index is -0.281. The highest BCUT2D eigenvalue weighted by molar-refractivity contribution is 5.50. The van der Waals surface area contributed by atoms with Crippen molar-refractivity contribution < 1.29 is 13.9 Å². The molecule has 0 heterocycles. The Hall–Kier alpha value is -2.23. The van der Waals surface area contributed by atoms with Crippen molar-refractivity contribution in [1.82, 2.24) is 0 Å². The van der Waals surface area contributed by atoms with Crippen LogP contribution in [-0.2, 0) is 6.61 Å². The van der Waals surface area contributed by atoms with Crippen LogP contribution in [0, 0.1) is 5.82 Å². The highest BCUT2D eigenvalue weighted by atomic mass is 19.1. The maximum Gasteiger partial charge on any atom is 0.129 e. The molecule has 0 saturated heterocycles. The van der Waals surface area contributed by atoms with Crippen LogP contribution < -0.4 is 15.2 Å². The fourth-order valence-electron chi connectivity index (χ4n) is 1.70. The number of rotatable bonds is 5. The summed E-state index contributed by atoms with van der Waals surface area (Å²) in [5, 5.41) is 0. The van der Waals surface area contributed by atoms with E-state index >= 15 is 0 Å². The Bertz CT molecular complexity index is 558. The monoisotopic (exact) mass is 261 g/mol. The maximum absolute atomic E-state index is 13.4. The molecule has 0 aliphatic heterocycles. The van der Waals surface area contributed by atoms with E-state index in [4.69, 9.17) is 15.2 Å². The zero-order valence-electron chi connectivity index (χ0n) is 10.7. The van der Waals surface area contributed by atoms with Gasteiger partial charge in [-0.25, -0.2) is 4.39 Å². The van der Waals surface area contributed by atoms with Crippen LogP contribution in [0.15, 0.2) is 42.5 Å². The summed E-state index contributed by atoms with van der Waals surface area (Å²) in [6.07, 6.45) is 0. The highest BCUT2D eigenvalue weighted by Gasteiger charge is 2.04. The van der Waals surface area contributed by atoms with Gasteiger partial charge in [-0.15, -0.1) is 0 Å². The van der Waals surface area contributed by atoms with E-state index in [9.17, 15) is 4.39 Å². The molecule has 0 bridgehead atoms. The predicted octanol–water partition coefficient (Wildman–Crippen LogP) is 3.39. The number of nitrogen functional groups attached to an aromatic ring is 1. The summed E-state index contributed by atoms with van der Waals surface area (Å²) in [4.78, 5) is 0. The van der Waals surface area contributed by atoms with E-state index in [0.29, 0.717) is 29.4 Å². The van der Waals surface area contributed by atoms with Gasteiger partial charge in [0.1, 0.15) is 23.9 Å². The Morgan fingerprint density at radius 3 is 2.42 bits per heavy atom. The van der Waals surface area contributed by atoms with Gasteiger partial charge in [0.25, 0.3) is 0 Å². The fourth-order valence-corrected chi connectivity index (χ4v) is 1.70. The zero-order valence-corrected chi connectivity index (χ0v) is 10.7. The molecule has 0 atom stereocenters. The summed E-state index contributed by atoms with van der Waals surface area (Å²) in [7, 11) is 0. The third kappa shape index (κ3) is 3.61. The number of ether oxygens (including phenoxy) is 2. The summed E-state index contributed by atoms with van der Waals surface area (Å²) < 4.78 is 24.4. The Labute approximate surface area is 111 Å². The minimum Gasteiger partial charge on any atom is -0.494 e. The van der Waals surface area contributed by atoms with Crippen molar-refractivity contribution in [3.05, 3.63) is 53.8 Å². The van der Waals surface area contributed by atoms with E-state index in [-0.39, 0.29) is 12.4 Å². The molecule has 2 N–H and O–H groups in total. The number of hydrogen-bond acceptors (Lipinski definition) is 3. The van der Waals surface area contributed by atoms with E-state index in [1.54, 1.807) is 36.4 Å². The van der Waals surface area contributed by atoms with Crippen LogP contribution in [0.3, 0.4) is 0 Å². The summed E-state index contributed by atoms with van der Waals surface area (Å²) in [6, 6.07) is 11.7. The maximum atomic E-state index is 13.4. The molecular formula is C15H16FNO2. The molecule has 0 aliphatic rings. The quantitative estimate of drug-likeness (QED) is 0.839. The Balaban J connectivity index is 2.09. The van der Waals surface area contributed by atoms with Gasteiger partial charge in [0.05, 0.1) is 6.61 Å².